The van der Waals surface area contributed by atoms with E-state index in [2.05, 4.69) is 10.00 Å². The van der Waals surface area contributed by atoms with Crippen molar-refractivity contribution >= 4 is 27.3 Å². The zero-order valence-electron chi connectivity index (χ0n) is 14.7. The number of hydrogen-bond donors (Lipinski definition) is 0. The molecule has 0 spiro atoms. The van der Waals surface area contributed by atoms with E-state index < -0.39 is 10.0 Å². The van der Waals surface area contributed by atoms with Gasteiger partial charge in [0.15, 0.2) is 0 Å². The van der Waals surface area contributed by atoms with Crippen LogP contribution in [0.2, 0.25) is 5.02 Å². The summed E-state index contributed by atoms with van der Waals surface area (Å²) in [5.74, 6) is 0. The van der Waals surface area contributed by atoms with Gasteiger partial charge in [-0.3, -0.25) is 4.68 Å². The molecule has 1 aromatic heterocycles. The lowest BCUT2D eigenvalue weighted by molar-refractivity contribution is 0.384. The first-order chi connectivity index (χ1) is 11.8. The summed E-state index contributed by atoms with van der Waals surface area (Å²) in [6.45, 7) is 7.86. The fourth-order valence-corrected chi connectivity index (χ4v) is 4.74. The molecule has 0 radical (unpaired) electrons. The van der Waals surface area contributed by atoms with Gasteiger partial charge < -0.3 is 4.90 Å². The van der Waals surface area contributed by atoms with Gasteiger partial charge in [0.2, 0.25) is 10.0 Å². The van der Waals surface area contributed by atoms with Gasteiger partial charge in [0.1, 0.15) is 4.90 Å². The SMILES string of the molecule is Cc1nn(C(C)C)cc1S(=O)(=O)N1CCN(c2cccc(Cl)c2)CC1. The lowest BCUT2D eigenvalue weighted by Crippen LogP contribution is -2.48. The third kappa shape index (κ3) is 3.68. The molecule has 1 aromatic carbocycles. The van der Waals surface area contributed by atoms with Crippen molar-refractivity contribution in [2.24, 2.45) is 0 Å². The first-order valence-corrected chi connectivity index (χ1v) is 10.2. The molecule has 6 nitrogen and oxygen atoms in total. The smallest absolute Gasteiger partial charge is 0.246 e. The summed E-state index contributed by atoms with van der Waals surface area (Å²) in [5, 5.41) is 5.01. The molecule has 1 aliphatic heterocycles. The molecule has 2 heterocycles. The van der Waals surface area contributed by atoms with Crippen LogP contribution < -0.4 is 4.90 Å². The predicted octanol–water partition coefficient (Wildman–Crippen LogP) is 2.94. The highest BCUT2D eigenvalue weighted by Crippen LogP contribution is 2.25. The monoisotopic (exact) mass is 382 g/mol. The standard InChI is InChI=1S/C17H23ClN4O2S/c1-13(2)22-12-17(14(3)19-22)25(23,24)21-9-7-20(8-10-21)16-6-4-5-15(18)11-16/h4-6,11-13H,7-10H2,1-3H3. The quantitative estimate of drug-likeness (QED) is 0.815. The Morgan fingerprint density at radius 2 is 1.84 bits per heavy atom. The molecular formula is C17H23ClN4O2S. The number of anilines is 1. The second-order valence-corrected chi connectivity index (χ2v) is 8.87. The normalized spacial score (nSPS) is 16.6. The Morgan fingerprint density at radius 3 is 2.40 bits per heavy atom. The molecule has 0 saturated carbocycles. The molecule has 2 aromatic rings. The van der Waals surface area contributed by atoms with Crippen molar-refractivity contribution in [3.63, 3.8) is 0 Å². The van der Waals surface area contributed by atoms with Crippen LogP contribution in [0.25, 0.3) is 0 Å². The zero-order chi connectivity index (χ0) is 18.2. The first-order valence-electron chi connectivity index (χ1n) is 8.35. The summed E-state index contributed by atoms with van der Waals surface area (Å²) in [6.07, 6.45) is 1.64. The molecule has 1 fully saturated rings. The molecule has 136 valence electrons. The Labute approximate surface area is 154 Å². The maximum absolute atomic E-state index is 13.0. The second kappa shape index (κ2) is 6.97. The number of aryl methyl sites for hydroxylation is 1. The summed E-state index contributed by atoms with van der Waals surface area (Å²) in [4.78, 5) is 2.46. The van der Waals surface area contributed by atoms with Crippen molar-refractivity contribution in [2.45, 2.75) is 31.7 Å². The molecule has 0 bridgehead atoms. The van der Waals surface area contributed by atoms with Gasteiger partial charge in [-0.1, -0.05) is 17.7 Å². The van der Waals surface area contributed by atoms with Crippen LogP contribution in [0.3, 0.4) is 0 Å². The molecule has 0 aliphatic carbocycles. The Hall–Kier alpha value is -1.57. The minimum Gasteiger partial charge on any atom is -0.369 e. The van der Waals surface area contributed by atoms with Crippen molar-refractivity contribution < 1.29 is 8.42 Å². The van der Waals surface area contributed by atoms with Crippen LogP contribution >= 0.6 is 11.6 Å². The second-order valence-electron chi connectivity index (χ2n) is 6.52. The molecular weight excluding hydrogens is 360 g/mol. The van der Waals surface area contributed by atoms with Crippen molar-refractivity contribution in [1.29, 1.82) is 0 Å². The molecule has 0 amide bonds. The third-order valence-electron chi connectivity index (χ3n) is 4.43. The summed E-state index contributed by atoms with van der Waals surface area (Å²) >= 11 is 6.05. The Kier molecular flexibility index (Phi) is 5.09. The Balaban J connectivity index is 1.75. The molecule has 25 heavy (non-hydrogen) atoms. The number of nitrogens with zero attached hydrogens (tertiary/aromatic N) is 4. The van der Waals surface area contributed by atoms with Crippen LogP contribution in [0.5, 0.6) is 0 Å². The molecule has 0 unspecified atom stereocenters. The highest BCUT2D eigenvalue weighted by Gasteiger charge is 2.31. The van der Waals surface area contributed by atoms with Gasteiger partial charge in [-0.05, 0) is 39.0 Å². The van der Waals surface area contributed by atoms with Gasteiger partial charge in [-0.2, -0.15) is 9.40 Å². The molecule has 3 rings (SSSR count). The summed E-state index contributed by atoms with van der Waals surface area (Å²) in [6, 6.07) is 7.77. The maximum Gasteiger partial charge on any atom is 0.246 e. The van der Waals surface area contributed by atoms with Gasteiger partial charge in [0.05, 0.1) is 5.69 Å². The van der Waals surface area contributed by atoms with E-state index in [1.54, 1.807) is 22.1 Å². The third-order valence-corrected chi connectivity index (χ3v) is 6.67. The summed E-state index contributed by atoms with van der Waals surface area (Å²) < 4.78 is 29.2. The molecule has 1 aliphatic rings. The topological polar surface area (TPSA) is 58.4 Å². The van der Waals surface area contributed by atoms with Crippen molar-refractivity contribution in [3.8, 4) is 0 Å². The average molecular weight is 383 g/mol. The van der Waals surface area contributed by atoms with Crippen molar-refractivity contribution in [1.82, 2.24) is 14.1 Å². The fraction of sp³-hybridized carbons (Fsp3) is 0.471. The minimum absolute atomic E-state index is 0.127. The van der Waals surface area contributed by atoms with E-state index in [0.717, 1.165) is 5.69 Å². The van der Waals surface area contributed by atoms with Gasteiger partial charge in [0.25, 0.3) is 0 Å². The van der Waals surface area contributed by atoms with Gasteiger partial charge in [-0.15, -0.1) is 0 Å². The lowest BCUT2D eigenvalue weighted by Gasteiger charge is -2.35. The fourth-order valence-electron chi connectivity index (χ4n) is 2.98. The molecule has 8 heteroatoms. The number of piperazine rings is 1. The highest BCUT2D eigenvalue weighted by molar-refractivity contribution is 7.89. The molecule has 0 N–H and O–H groups in total. The van der Waals surface area contributed by atoms with Crippen LogP contribution in [-0.4, -0.2) is 48.7 Å². The number of hydrogen-bond acceptors (Lipinski definition) is 4. The predicted molar refractivity (Wildman–Crippen MR) is 99.8 cm³/mol. The summed E-state index contributed by atoms with van der Waals surface area (Å²) in [7, 11) is -3.52. The van der Waals surface area contributed by atoms with Gasteiger partial charge in [0, 0.05) is 49.1 Å². The van der Waals surface area contributed by atoms with E-state index >= 15 is 0 Å². The van der Waals surface area contributed by atoms with Crippen LogP contribution in [0, 0.1) is 6.92 Å². The first kappa shape index (κ1) is 18.2. The molecule has 0 atom stereocenters. The number of sulfonamides is 1. The van der Waals surface area contributed by atoms with Crippen LogP contribution in [0.15, 0.2) is 35.4 Å². The average Bonchev–Trinajstić information content (AvgIpc) is 2.98. The Bertz CT molecular complexity index is 855. The molecule has 1 saturated heterocycles. The van der Waals surface area contributed by atoms with Gasteiger partial charge in [-0.25, -0.2) is 8.42 Å². The van der Waals surface area contributed by atoms with Crippen molar-refractivity contribution in [2.75, 3.05) is 31.1 Å². The van der Waals surface area contributed by atoms with Crippen LogP contribution in [0.4, 0.5) is 5.69 Å². The van der Waals surface area contributed by atoms with Crippen LogP contribution in [-0.2, 0) is 10.0 Å². The van der Waals surface area contributed by atoms with E-state index in [1.807, 2.05) is 38.1 Å². The number of halogens is 1. The van der Waals surface area contributed by atoms with Crippen LogP contribution in [0.1, 0.15) is 25.6 Å². The van der Waals surface area contributed by atoms with Crippen molar-refractivity contribution in [3.05, 3.63) is 41.2 Å². The van der Waals surface area contributed by atoms with E-state index in [0.29, 0.717) is 41.8 Å². The summed E-state index contributed by atoms with van der Waals surface area (Å²) in [5.41, 5.74) is 1.57. The zero-order valence-corrected chi connectivity index (χ0v) is 16.3. The number of aromatic nitrogens is 2. The lowest BCUT2D eigenvalue weighted by atomic mass is 10.2. The largest absolute Gasteiger partial charge is 0.369 e. The minimum atomic E-state index is -3.52. The van der Waals surface area contributed by atoms with E-state index in [1.165, 1.54) is 0 Å². The van der Waals surface area contributed by atoms with E-state index in [9.17, 15) is 8.42 Å². The highest BCUT2D eigenvalue weighted by atomic mass is 35.5. The van der Waals surface area contributed by atoms with Gasteiger partial charge >= 0.3 is 0 Å². The van der Waals surface area contributed by atoms with E-state index in [-0.39, 0.29) is 6.04 Å². The number of rotatable bonds is 4. The Morgan fingerprint density at radius 1 is 1.16 bits per heavy atom. The maximum atomic E-state index is 13.0. The van der Waals surface area contributed by atoms with E-state index in [4.69, 9.17) is 11.6 Å². The number of benzene rings is 1.